The van der Waals surface area contributed by atoms with E-state index in [-0.39, 0.29) is 11.4 Å². The lowest BCUT2D eigenvalue weighted by atomic mass is 10.2. The summed E-state index contributed by atoms with van der Waals surface area (Å²) < 4.78 is 5.30. The van der Waals surface area contributed by atoms with Gasteiger partial charge >= 0.3 is 0 Å². The molecule has 2 N–H and O–H groups in total. The van der Waals surface area contributed by atoms with Crippen molar-refractivity contribution in [2.45, 2.75) is 0 Å². The van der Waals surface area contributed by atoms with Crippen LogP contribution in [0.25, 0.3) is 0 Å². The molecule has 2 aromatic rings. The maximum atomic E-state index is 10.8. The van der Waals surface area contributed by atoms with Crippen molar-refractivity contribution < 1.29 is 9.66 Å². The number of rotatable bonds is 4. The Morgan fingerprint density at radius 1 is 1.25 bits per heavy atom. The van der Waals surface area contributed by atoms with Gasteiger partial charge in [0.25, 0.3) is 5.69 Å². The van der Waals surface area contributed by atoms with Crippen LogP contribution in [0.4, 0.5) is 22.7 Å². The van der Waals surface area contributed by atoms with Crippen LogP contribution in [0.2, 0.25) is 0 Å². The van der Waals surface area contributed by atoms with Gasteiger partial charge in [0, 0.05) is 18.8 Å². The molecule has 0 unspecified atom stereocenters. The first-order valence-electron chi connectivity index (χ1n) is 5.95. The van der Waals surface area contributed by atoms with Crippen molar-refractivity contribution in [2.75, 3.05) is 24.8 Å². The van der Waals surface area contributed by atoms with Crippen molar-refractivity contribution in [3.05, 3.63) is 52.6 Å². The minimum Gasteiger partial charge on any atom is -0.495 e. The van der Waals surface area contributed by atoms with E-state index in [0.29, 0.717) is 5.75 Å². The molecule has 0 aromatic heterocycles. The van der Waals surface area contributed by atoms with E-state index in [4.69, 9.17) is 10.5 Å². The van der Waals surface area contributed by atoms with Crippen molar-refractivity contribution in [2.24, 2.45) is 0 Å². The Kier molecular flexibility index (Phi) is 3.74. The normalized spacial score (nSPS) is 10.1. The maximum absolute atomic E-state index is 10.8. The predicted molar refractivity (Wildman–Crippen MR) is 78.6 cm³/mol. The molecule has 0 heterocycles. The molecule has 6 nitrogen and oxygen atoms in total. The van der Waals surface area contributed by atoms with Crippen LogP contribution in [0, 0.1) is 10.1 Å². The summed E-state index contributed by atoms with van der Waals surface area (Å²) in [4.78, 5) is 12.1. The molecule has 0 fully saturated rings. The number of hydrogen-bond donors (Lipinski definition) is 1. The topological polar surface area (TPSA) is 81.6 Å². The first-order valence-corrected chi connectivity index (χ1v) is 5.95. The van der Waals surface area contributed by atoms with Gasteiger partial charge in [0.2, 0.25) is 0 Å². The fraction of sp³-hybridized carbons (Fsp3) is 0.143. The summed E-state index contributed by atoms with van der Waals surface area (Å²) in [6.07, 6.45) is 0. The van der Waals surface area contributed by atoms with Crippen LogP contribution in [0.1, 0.15) is 0 Å². The Hall–Kier alpha value is -2.76. The van der Waals surface area contributed by atoms with E-state index >= 15 is 0 Å². The molecular formula is C14H15N3O3. The highest BCUT2D eigenvalue weighted by Gasteiger charge is 2.15. The standard InChI is InChI=1S/C14H15N3O3/c1-16(13-5-3-4-6-14(13)20-2)10-7-8-12(17(18)19)11(15)9-10/h3-9H,15H2,1-2H3. The Balaban J connectivity index is 2.41. The molecule has 0 saturated heterocycles. The van der Waals surface area contributed by atoms with Gasteiger partial charge in [0.1, 0.15) is 11.4 Å². The highest BCUT2D eigenvalue weighted by molar-refractivity contribution is 5.73. The molecule has 0 radical (unpaired) electrons. The molecule has 0 atom stereocenters. The lowest BCUT2D eigenvalue weighted by Gasteiger charge is -2.22. The van der Waals surface area contributed by atoms with Crippen LogP contribution in [-0.4, -0.2) is 19.1 Å². The molecule has 0 saturated carbocycles. The molecule has 2 aromatic carbocycles. The number of nitrogens with two attached hydrogens (primary N) is 1. The quantitative estimate of drug-likeness (QED) is 0.526. The third kappa shape index (κ3) is 2.49. The number of nitro benzene ring substituents is 1. The van der Waals surface area contributed by atoms with E-state index < -0.39 is 4.92 Å². The minimum absolute atomic E-state index is 0.0952. The molecule has 0 aliphatic carbocycles. The third-order valence-electron chi connectivity index (χ3n) is 3.04. The van der Waals surface area contributed by atoms with Crippen LogP contribution in [-0.2, 0) is 0 Å². The van der Waals surface area contributed by atoms with E-state index in [9.17, 15) is 10.1 Å². The lowest BCUT2D eigenvalue weighted by molar-refractivity contribution is -0.383. The number of anilines is 3. The van der Waals surface area contributed by atoms with Crippen LogP contribution in [0.15, 0.2) is 42.5 Å². The van der Waals surface area contributed by atoms with E-state index in [2.05, 4.69) is 0 Å². The summed E-state index contributed by atoms with van der Waals surface area (Å²) in [5.41, 5.74) is 7.35. The SMILES string of the molecule is COc1ccccc1N(C)c1ccc([N+](=O)[O-])c(N)c1. The number of nitro groups is 1. The van der Waals surface area contributed by atoms with Crippen molar-refractivity contribution in [1.29, 1.82) is 0 Å². The van der Waals surface area contributed by atoms with Crippen molar-refractivity contribution in [3.63, 3.8) is 0 Å². The molecule has 0 spiro atoms. The summed E-state index contributed by atoms with van der Waals surface area (Å²) >= 11 is 0. The predicted octanol–water partition coefficient (Wildman–Crippen LogP) is 2.95. The van der Waals surface area contributed by atoms with Crippen molar-refractivity contribution >= 4 is 22.7 Å². The van der Waals surface area contributed by atoms with Gasteiger partial charge in [0.15, 0.2) is 0 Å². The van der Waals surface area contributed by atoms with Crippen LogP contribution in [0.5, 0.6) is 5.75 Å². The highest BCUT2D eigenvalue weighted by atomic mass is 16.6. The average molecular weight is 273 g/mol. The van der Waals surface area contributed by atoms with Gasteiger partial charge in [0.05, 0.1) is 17.7 Å². The fourth-order valence-corrected chi connectivity index (χ4v) is 1.96. The van der Waals surface area contributed by atoms with Gasteiger partial charge in [-0.05, 0) is 24.3 Å². The average Bonchev–Trinajstić information content (AvgIpc) is 2.45. The molecular weight excluding hydrogens is 258 g/mol. The second-order valence-electron chi connectivity index (χ2n) is 4.23. The second kappa shape index (κ2) is 5.48. The first kappa shape index (κ1) is 13.7. The van der Waals surface area contributed by atoms with Crippen LogP contribution >= 0.6 is 0 Å². The number of hydrogen-bond acceptors (Lipinski definition) is 5. The Morgan fingerprint density at radius 3 is 2.55 bits per heavy atom. The largest absolute Gasteiger partial charge is 0.495 e. The monoisotopic (exact) mass is 273 g/mol. The number of nitrogens with zero attached hydrogens (tertiary/aromatic N) is 2. The molecule has 0 aliphatic heterocycles. The lowest BCUT2D eigenvalue weighted by Crippen LogP contribution is -2.11. The summed E-state index contributed by atoms with van der Waals surface area (Å²) in [5.74, 6) is 0.715. The summed E-state index contributed by atoms with van der Waals surface area (Å²) in [6.45, 7) is 0. The summed E-state index contributed by atoms with van der Waals surface area (Å²) in [5, 5.41) is 10.8. The van der Waals surface area contributed by atoms with Gasteiger partial charge in [-0.1, -0.05) is 12.1 Å². The Labute approximate surface area is 116 Å². The number of nitrogen functional groups attached to an aromatic ring is 1. The maximum Gasteiger partial charge on any atom is 0.292 e. The number of para-hydroxylation sites is 2. The van der Waals surface area contributed by atoms with E-state index in [1.807, 2.05) is 36.2 Å². The van der Waals surface area contributed by atoms with Gasteiger partial charge in [-0.15, -0.1) is 0 Å². The van der Waals surface area contributed by atoms with Gasteiger partial charge in [-0.3, -0.25) is 10.1 Å². The fourth-order valence-electron chi connectivity index (χ4n) is 1.96. The first-order chi connectivity index (χ1) is 9.54. The molecule has 0 bridgehead atoms. The Bertz CT molecular complexity index is 643. The van der Waals surface area contributed by atoms with Crippen LogP contribution < -0.4 is 15.4 Å². The van der Waals surface area contributed by atoms with E-state index in [1.165, 1.54) is 6.07 Å². The molecule has 20 heavy (non-hydrogen) atoms. The minimum atomic E-state index is -0.498. The van der Waals surface area contributed by atoms with E-state index in [1.54, 1.807) is 19.2 Å². The third-order valence-corrected chi connectivity index (χ3v) is 3.04. The van der Waals surface area contributed by atoms with Crippen LogP contribution in [0.3, 0.4) is 0 Å². The number of methoxy groups -OCH3 is 1. The molecule has 104 valence electrons. The zero-order valence-corrected chi connectivity index (χ0v) is 11.2. The summed E-state index contributed by atoms with van der Waals surface area (Å²) in [6, 6.07) is 12.1. The number of ether oxygens (including phenoxy) is 1. The highest BCUT2D eigenvalue weighted by Crippen LogP contribution is 2.34. The van der Waals surface area contributed by atoms with Crippen molar-refractivity contribution in [3.8, 4) is 5.75 Å². The smallest absolute Gasteiger partial charge is 0.292 e. The van der Waals surface area contributed by atoms with Gasteiger partial charge < -0.3 is 15.4 Å². The number of benzene rings is 2. The molecule has 0 amide bonds. The second-order valence-corrected chi connectivity index (χ2v) is 4.23. The zero-order chi connectivity index (χ0) is 14.7. The molecule has 6 heteroatoms. The van der Waals surface area contributed by atoms with Gasteiger partial charge in [-0.2, -0.15) is 0 Å². The van der Waals surface area contributed by atoms with Gasteiger partial charge in [-0.25, -0.2) is 0 Å². The van der Waals surface area contributed by atoms with E-state index in [0.717, 1.165) is 11.4 Å². The molecule has 2 rings (SSSR count). The zero-order valence-electron chi connectivity index (χ0n) is 11.2. The molecule has 0 aliphatic rings. The van der Waals surface area contributed by atoms with Crippen molar-refractivity contribution in [1.82, 2.24) is 0 Å². The summed E-state index contributed by atoms with van der Waals surface area (Å²) in [7, 11) is 3.44. The Morgan fingerprint density at radius 2 is 1.95 bits per heavy atom.